The predicted molar refractivity (Wildman–Crippen MR) is 59.8 cm³/mol. The molecule has 0 aliphatic rings. The summed E-state index contributed by atoms with van der Waals surface area (Å²) in [6.45, 7) is 0.791. The first-order valence-electron chi connectivity index (χ1n) is 5.64. The van der Waals surface area contributed by atoms with Gasteiger partial charge in [0.1, 0.15) is 12.1 Å². The summed E-state index contributed by atoms with van der Waals surface area (Å²) in [5, 5.41) is 0. The van der Waals surface area contributed by atoms with Crippen molar-refractivity contribution in [1.29, 1.82) is 0 Å². The van der Waals surface area contributed by atoms with E-state index in [4.69, 9.17) is 0 Å². The van der Waals surface area contributed by atoms with Gasteiger partial charge in [0, 0.05) is 7.05 Å². The zero-order chi connectivity index (χ0) is 16.3. The van der Waals surface area contributed by atoms with E-state index < -0.39 is 53.1 Å². The molecule has 0 bridgehead atoms. The maximum absolute atomic E-state index is 13.4. The molecule has 1 aromatic rings. The molecule has 0 radical (unpaired) electrons. The third-order valence-electron chi connectivity index (χ3n) is 2.44. The minimum Gasteiger partial charge on any atom is -0.465 e. The Bertz CT molecular complexity index is 562. The molecule has 9 heteroatoms. The quantitative estimate of drug-likeness (QED) is 0.370. The standard InChI is InChI=1S/C12H10F5NO3/c1-3-21-5(19)4-18(2)12(20)6-7(13)9(15)11(17)10(16)8(6)14/h3-4H2,1-2H3. The fourth-order valence-corrected chi connectivity index (χ4v) is 1.46. The Morgan fingerprint density at radius 2 is 1.38 bits per heavy atom. The zero-order valence-electron chi connectivity index (χ0n) is 11.0. The van der Waals surface area contributed by atoms with E-state index in [-0.39, 0.29) is 6.61 Å². The van der Waals surface area contributed by atoms with Crippen LogP contribution in [0.25, 0.3) is 0 Å². The van der Waals surface area contributed by atoms with Gasteiger partial charge in [-0.15, -0.1) is 0 Å². The highest BCUT2D eigenvalue weighted by atomic mass is 19.2. The molecule has 0 heterocycles. The van der Waals surface area contributed by atoms with Crippen molar-refractivity contribution in [2.24, 2.45) is 0 Å². The average molecular weight is 311 g/mol. The molecule has 0 aromatic heterocycles. The fourth-order valence-electron chi connectivity index (χ4n) is 1.46. The molecule has 0 N–H and O–H groups in total. The van der Waals surface area contributed by atoms with E-state index in [1.807, 2.05) is 0 Å². The lowest BCUT2D eigenvalue weighted by Gasteiger charge is -2.17. The van der Waals surface area contributed by atoms with Gasteiger partial charge in [-0.05, 0) is 6.92 Å². The first kappa shape index (κ1) is 16.9. The number of esters is 1. The Balaban J connectivity index is 3.16. The van der Waals surface area contributed by atoms with Gasteiger partial charge in [0.15, 0.2) is 23.3 Å². The van der Waals surface area contributed by atoms with Crippen molar-refractivity contribution in [3.8, 4) is 0 Å². The summed E-state index contributed by atoms with van der Waals surface area (Å²) in [5.74, 6) is -13.8. The fraction of sp³-hybridized carbons (Fsp3) is 0.333. The summed E-state index contributed by atoms with van der Waals surface area (Å²) >= 11 is 0. The van der Waals surface area contributed by atoms with E-state index in [9.17, 15) is 31.5 Å². The van der Waals surface area contributed by atoms with Gasteiger partial charge in [-0.2, -0.15) is 0 Å². The number of carbonyl (C=O) groups excluding carboxylic acids is 2. The summed E-state index contributed by atoms with van der Waals surface area (Å²) in [6.07, 6.45) is 0. The van der Waals surface area contributed by atoms with Gasteiger partial charge in [-0.3, -0.25) is 9.59 Å². The van der Waals surface area contributed by atoms with Crippen LogP contribution in [0.2, 0.25) is 0 Å². The zero-order valence-corrected chi connectivity index (χ0v) is 11.0. The van der Waals surface area contributed by atoms with Gasteiger partial charge in [-0.1, -0.05) is 0 Å². The van der Waals surface area contributed by atoms with Crippen LogP contribution in [0.5, 0.6) is 0 Å². The molecule has 1 aromatic carbocycles. The van der Waals surface area contributed by atoms with Gasteiger partial charge in [0.25, 0.3) is 5.91 Å². The number of nitrogens with zero attached hydrogens (tertiary/aromatic N) is 1. The number of benzene rings is 1. The molecule has 0 aliphatic carbocycles. The van der Waals surface area contributed by atoms with Gasteiger partial charge in [-0.25, -0.2) is 22.0 Å². The van der Waals surface area contributed by atoms with Crippen molar-refractivity contribution >= 4 is 11.9 Å². The van der Waals surface area contributed by atoms with Crippen LogP contribution in [0.1, 0.15) is 17.3 Å². The Morgan fingerprint density at radius 1 is 0.952 bits per heavy atom. The lowest BCUT2D eigenvalue weighted by molar-refractivity contribution is -0.143. The molecule has 116 valence electrons. The average Bonchev–Trinajstić information content (AvgIpc) is 2.43. The molecule has 0 atom stereocenters. The van der Waals surface area contributed by atoms with E-state index in [1.165, 1.54) is 6.92 Å². The van der Waals surface area contributed by atoms with E-state index in [0.29, 0.717) is 4.90 Å². The second kappa shape index (κ2) is 6.51. The number of hydrogen-bond donors (Lipinski definition) is 0. The molecule has 0 fully saturated rings. The van der Waals surface area contributed by atoms with E-state index in [0.717, 1.165) is 7.05 Å². The molecule has 1 rings (SSSR count). The molecule has 21 heavy (non-hydrogen) atoms. The smallest absolute Gasteiger partial charge is 0.325 e. The summed E-state index contributed by atoms with van der Waals surface area (Å²) in [6, 6.07) is 0. The van der Waals surface area contributed by atoms with Gasteiger partial charge in [0.05, 0.1) is 6.61 Å². The molecule has 0 spiro atoms. The highest BCUT2D eigenvalue weighted by Crippen LogP contribution is 2.23. The molecule has 0 saturated carbocycles. The maximum atomic E-state index is 13.4. The molecule has 0 unspecified atom stereocenters. The number of amides is 1. The molecular weight excluding hydrogens is 301 g/mol. The largest absolute Gasteiger partial charge is 0.465 e. The van der Waals surface area contributed by atoms with Crippen molar-refractivity contribution in [2.45, 2.75) is 6.92 Å². The van der Waals surface area contributed by atoms with Crippen LogP contribution in [0.4, 0.5) is 22.0 Å². The van der Waals surface area contributed by atoms with Crippen LogP contribution < -0.4 is 0 Å². The van der Waals surface area contributed by atoms with E-state index in [1.54, 1.807) is 0 Å². The van der Waals surface area contributed by atoms with E-state index >= 15 is 0 Å². The van der Waals surface area contributed by atoms with Crippen LogP contribution in [-0.2, 0) is 9.53 Å². The summed E-state index contributed by atoms with van der Waals surface area (Å²) in [7, 11) is 0.956. The third kappa shape index (κ3) is 3.29. The number of halogens is 5. The Labute approximate surface area is 116 Å². The predicted octanol–water partition coefficient (Wildman–Crippen LogP) is 2.02. The molecule has 0 saturated heterocycles. The molecular formula is C12H10F5NO3. The van der Waals surface area contributed by atoms with Gasteiger partial charge >= 0.3 is 5.97 Å². The van der Waals surface area contributed by atoms with Crippen LogP contribution in [0.3, 0.4) is 0 Å². The lowest BCUT2D eigenvalue weighted by atomic mass is 10.1. The Morgan fingerprint density at radius 3 is 1.81 bits per heavy atom. The highest BCUT2D eigenvalue weighted by Gasteiger charge is 2.31. The third-order valence-corrected chi connectivity index (χ3v) is 2.44. The summed E-state index contributed by atoms with van der Waals surface area (Å²) < 4.78 is 70.1. The van der Waals surface area contributed by atoms with Gasteiger partial charge in [0.2, 0.25) is 5.82 Å². The first-order valence-corrected chi connectivity index (χ1v) is 5.64. The Hall–Kier alpha value is -2.19. The number of rotatable bonds is 4. The van der Waals surface area contributed by atoms with Crippen molar-refractivity contribution in [3.05, 3.63) is 34.6 Å². The van der Waals surface area contributed by atoms with Crippen molar-refractivity contribution in [1.82, 2.24) is 4.90 Å². The Kier molecular flexibility index (Phi) is 5.23. The van der Waals surface area contributed by atoms with Crippen molar-refractivity contribution in [3.63, 3.8) is 0 Å². The van der Waals surface area contributed by atoms with Crippen molar-refractivity contribution < 1.29 is 36.3 Å². The van der Waals surface area contributed by atoms with Crippen LogP contribution in [-0.4, -0.2) is 37.0 Å². The molecule has 1 amide bonds. The number of likely N-dealkylation sites (N-methyl/N-ethyl adjacent to an activating group) is 1. The first-order chi connectivity index (χ1) is 9.72. The number of ether oxygens (including phenoxy) is 1. The van der Waals surface area contributed by atoms with Gasteiger partial charge < -0.3 is 9.64 Å². The maximum Gasteiger partial charge on any atom is 0.325 e. The van der Waals surface area contributed by atoms with Crippen LogP contribution >= 0.6 is 0 Å². The van der Waals surface area contributed by atoms with Crippen LogP contribution in [0.15, 0.2) is 0 Å². The SMILES string of the molecule is CCOC(=O)CN(C)C(=O)c1c(F)c(F)c(F)c(F)c1F. The van der Waals surface area contributed by atoms with Crippen LogP contribution in [0, 0.1) is 29.1 Å². The highest BCUT2D eigenvalue weighted by molar-refractivity contribution is 5.96. The topological polar surface area (TPSA) is 46.6 Å². The van der Waals surface area contributed by atoms with E-state index in [2.05, 4.69) is 4.74 Å². The number of carbonyl (C=O) groups is 2. The normalized spacial score (nSPS) is 10.4. The second-order valence-electron chi connectivity index (χ2n) is 3.91. The number of hydrogen-bond acceptors (Lipinski definition) is 3. The second-order valence-corrected chi connectivity index (χ2v) is 3.91. The lowest BCUT2D eigenvalue weighted by Crippen LogP contribution is -2.34. The molecule has 4 nitrogen and oxygen atoms in total. The minimum absolute atomic E-state index is 0.00336. The summed E-state index contributed by atoms with van der Waals surface area (Å²) in [5.41, 5.74) is -1.63. The minimum atomic E-state index is -2.37. The monoisotopic (exact) mass is 311 g/mol. The van der Waals surface area contributed by atoms with Crippen molar-refractivity contribution in [2.75, 3.05) is 20.2 Å². The molecule has 0 aliphatic heterocycles. The summed E-state index contributed by atoms with van der Waals surface area (Å²) in [4.78, 5) is 23.3.